The summed E-state index contributed by atoms with van der Waals surface area (Å²) in [5.41, 5.74) is 2.62. The fraction of sp³-hybridized carbons (Fsp3) is 0.0385. The maximum atomic E-state index is 12.9. The van der Waals surface area contributed by atoms with Crippen LogP contribution in [0.25, 0.3) is 16.8 Å². The summed E-state index contributed by atoms with van der Waals surface area (Å²) < 4.78 is 6.15. The van der Waals surface area contributed by atoms with Crippen molar-refractivity contribution in [1.82, 2.24) is 0 Å². The maximum Gasteiger partial charge on any atom is 0.189 e. The molecule has 2 nitrogen and oxygen atoms in total. The molecule has 0 aliphatic rings. The molecular weight excluding hydrogens is 344 g/mol. The molecule has 4 aromatic carbocycles. The van der Waals surface area contributed by atoms with Crippen molar-refractivity contribution in [2.45, 2.75) is 6.61 Å². The molecule has 28 heavy (non-hydrogen) atoms. The fourth-order valence-electron chi connectivity index (χ4n) is 3.15. The highest BCUT2D eigenvalue weighted by molar-refractivity contribution is 6.12. The monoisotopic (exact) mass is 364 g/mol. The summed E-state index contributed by atoms with van der Waals surface area (Å²) in [6.07, 6.45) is 3.44. The Morgan fingerprint density at radius 3 is 2.21 bits per heavy atom. The van der Waals surface area contributed by atoms with Gasteiger partial charge in [-0.05, 0) is 28.7 Å². The van der Waals surface area contributed by atoms with Gasteiger partial charge in [0.2, 0.25) is 0 Å². The number of ether oxygens (including phenoxy) is 1. The highest BCUT2D eigenvalue weighted by Crippen LogP contribution is 2.31. The first-order valence-corrected chi connectivity index (χ1v) is 9.27. The normalized spacial score (nSPS) is 11.0. The highest BCUT2D eigenvalue weighted by atomic mass is 16.5. The molecule has 0 saturated carbocycles. The van der Waals surface area contributed by atoms with E-state index in [1.54, 1.807) is 6.08 Å². The third kappa shape index (κ3) is 4.02. The number of ketones is 1. The van der Waals surface area contributed by atoms with Gasteiger partial charge < -0.3 is 4.74 Å². The summed E-state index contributed by atoms with van der Waals surface area (Å²) in [5.74, 6) is 0.558. The Morgan fingerprint density at radius 2 is 1.43 bits per heavy atom. The van der Waals surface area contributed by atoms with E-state index >= 15 is 0 Å². The van der Waals surface area contributed by atoms with Gasteiger partial charge in [-0.15, -0.1) is 0 Å². The third-order valence-electron chi connectivity index (χ3n) is 4.60. The molecule has 0 aliphatic carbocycles. The molecule has 4 rings (SSSR count). The summed E-state index contributed by atoms with van der Waals surface area (Å²) in [7, 11) is 0. The maximum absolute atomic E-state index is 12.9. The van der Waals surface area contributed by atoms with E-state index in [0.717, 1.165) is 21.9 Å². The molecule has 0 spiro atoms. The summed E-state index contributed by atoms with van der Waals surface area (Å²) in [4.78, 5) is 12.9. The van der Waals surface area contributed by atoms with Crippen molar-refractivity contribution in [2.75, 3.05) is 0 Å². The molecule has 0 amide bonds. The topological polar surface area (TPSA) is 26.3 Å². The quantitative estimate of drug-likeness (QED) is 0.296. The predicted molar refractivity (Wildman–Crippen MR) is 115 cm³/mol. The number of benzene rings is 4. The van der Waals surface area contributed by atoms with E-state index in [9.17, 15) is 4.79 Å². The molecule has 0 radical (unpaired) electrons. The van der Waals surface area contributed by atoms with Crippen molar-refractivity contribution in [1.29, 1.82) is 0 Å². The Hall–Kier alpha value is -3.65. The van der Waals surface area contributed by atoms with Gasteiger partial charge >= 0.3 is 0 Å². The lowest BCUT2D eigenvalue weighted by atomic mass is 10.0. The number of fused-ring (bicyclic) bond motifs is 1. The Bertz CT molecular complexity index is 1110. The lowest BCUT2D eigenvalue weighted by molar-refractivity contribution is 0.104. The Kier molecular flexibility index (Phi) is 5.30. The Labute approximate surface area is 164 Å². The van der Waals surface area contributed by atoms with E-state index in [1.165, 1.54) is 0 Å². The van der Waals surface area contributed by atoms with E-state index in [1.807, 2.05) is 103 Å². The molecule has 0 aliphatic heterocycles. The smallest absolute Gasteiger partial charge is 0.189 e. The zero-order chi connectivity index (χ0) is 19.2. The lowest BCUT2D eigenvalue weighted by Crippen LogP contribution is -2.03. The zero-order valence-corrected chi connectivity index (χ0v) is 15.4. The molecule has 0 saturated heterocycles. The van der Waals surface area contributed by atoms with Gasteiger partial charge in [0.25, 0.3) is 0 Å². The molecule has 0 unspecified atom stereocenters. The van der Waals surface area contributed by atoms with Crippen LogP contribution in [0.2, 0.25) is 0 Å². The summed E-state index contributed by atoms with van der Waals surface area (Å²) >= 11 is 0. The van der Waals surface area contributed by atoms with Gasteiger partial charge in [-0.25, -0.2) is 0 Å². The first kappa shape index (κ1) is 17.7. The first-order chi connectivity index (χ1) is 13.8. The van der Waals surface area contributed by atoms with Crippen LogP contribution in [-0.2, 0) is 6.61 Å². The van der Waals surface area contributed by atoms with E-state index < -0.39 is 0 Å². The molecule has 0 heterocycles. The van der Waals surface area contributed by atoms with Crippen molar-refractivity contribution in [2.24, 2.45) is 0 Å². The van der Waals surface area contributed by atoms with Crippen LogP contribution in [0, 0.1) is 0 Å². The third-order valence-corrected chi connectivity index (χ3v) is 4.60. The summed E-state index contributed by atoms with van der Waals surface area (Å²) in [5, 5.41) is 1.99. The van der Waals surface area contributed by atoms with Crippen molar-refractivity contribution in [3.63, 3.8) is 0 Å². The SMILES string of the molecule is O=C(/C=C/c1ccccc1)c1ccc2ccccc2c1OCc1ccccc1. The summed E-state index contributed by atoms with van der Waals surface area (Å²) in [6, 6.07) is 31.6. The molecule has 2 heteroatoms. The lowest BCUT2D eigenvalue weighted by Gasteiger charge is -2.13. The number of allylic oxidation sites excluding steroid dienone is 1. The van der Waals surface area contributed by atoms with Crippen molar-refractivity contribution in [3.05, 3.63) is 120 Å². The summed E-state index contributed by atoms with van der Waals surface area (Å²) in [6.45, 7) is 0.414. The van der Waals surface area contributed by atoms with E-state index in [-0.39, 0.29) is 5.78 Å². The second-order valence-electron chi connectivity index (χ2n) is 6.55. The molecule has 136 valence electrons. The number of rotatable bonds is 6. The molecule has 0 aromatic heterocycles. The van der Waals surface area contributed by atoms with Crippen LogP contribution in [0.15, 0.2) is 103 Å². The van der Waals surface area contributed by atoms with Crippen LogP contribution in [-0.4, -0.2) is 5.78 Å². The fourth-order valence-corrected chi connectivity index (χ4v) is 3.15. The predicted octanol–water partition coefficient (Wildman–Crippen LogP) is 6.31. The minimum atomic E-state index is -0.0716. The van der Waals surface area contributed by atoms with Crippen LogP contribution in [0.3, 0.4) is 0 Å². The number of hydrogen-bond acceptors (Lipinski definition) is 2. The zero-order valence-electron chi connectivity index (χ0n) is 15.4. The average molecular weight is 364 g/mol. The van der Waals surface area contributed by atoms with Crippen LogP contribution < -0.4 is 4.74 Å². The molecule has 0 bridgehead atoms. The van der Waals surface area contributed by atoms with E-state index in [0.29, 0.717) is 17.9 Å². The molecular formula is C26H20O2. The second-order valence-corrected chi connectivity index (χ2v) is 6.55. The second kappa shape index (κ2) is 8.36. The van der Waals surface area contributed by atoms with Gasteiger partial charge in [-0.2, -0.15) is 0 Å². The minimum absolute atomic E-state index is 0.0716. The number of carbonyl (C=O) groups is 1. The van der Waals surface area contributed by atoms with Crippen LogP contribution in [0.4, 0.5) is 0 Å². The van der Waals surface area contributed by atoms with Gasteiger partial charge in [-0.1, -0.05) is 97.1 Å². The van der Waals surface area contributed by atoms with Crippen LogP contribution in [0.1, 0.15) is 21.5 Å². The van der Waals surface area contributed by atoms with Crippen LogP contribution >= 0.6 is 0 Å². The highest BCUT2D eigenvalue weighted by Gasteiger charge is 2.14. The molecule has 0 atom stereocenters. The van der Waals surface area contributed by atoms with Crippen LogP contribution in [0.5, 0.6) is 5.75 Å². The largest absolute Gasteiger partial charge is 0.487 e. The van der Waals surface area contributed by atoms with E-state index in [4.69, 9.17) is 4.74 Å². The van der Waals surface area contributed by atoms with Gasteiger partial charge in [0.15, 0.2) is 5.78 Å². The van der Waals surface area contributed by atoms with Crippen molar-refractivity contribution >= 4 is 22.6 Å². The van der Waals surface area contributed by atoms with Crippen molar-refractivity contribution in [3.8, 4) is 5.75 Å². The minimum Gasteiger partial charge on any atom is -0.487 e. The van der Waals surface area contributed by atoms with Crippen molar-refractivity contribution < 1.29 is 9.53 Å². The molecule has 0 fully saturated rings. The number of hydrogen-bond donors (Lipinski definition) is 0. The van der Waals surface area contributed by atoms with Gasteiger partial charge in [0, 0.05) is 5.39 Å². The molecule has 4 aromatic rings. The standard InChI is InChI=1S/C26H20O2/c27-25(18-15-20-9-3-1-4-10-20)24-17-16-22-13-7-8-14-23(22)26(24)28-19-21-11-5-2-6-12-21/h1-18H,19H2/b18-15+. The van der Waals surface area contributed by atoms with Gasteiger partial charge in [0.1, 0.15) is 12.4 Å². The molecule has 0 N–H and O–H groups in total. The average Bonchev–Trinajstić information content (AvgIpc) is 2.77. The Balaban J connectivity index is 1.68. The number of carbonyl (C=O) groups excluding carboxylic acids is 1. The van der Waals surface area contributed by atoms with Gasteiger partial charge in [0.05, 0.1) is 5.56 Å². The first-order valence-electron chi connectivity index (χ1n) is 9.27. The van der Waals surface area contributed by atoms with E-state index in [2.05, 4.69) is 0 Å². The van der Waals surface area contributed by atoms with Gasteiger partial charge in [-0.3, -0.25) is 4.79 Å². The Morgan fingerprint density at radius 1 is 0.750 bits per heavy atom.